The quantitative estimate of drug-likeness (QED) is 0.886. The summed E-state index contributed by atoms with van der Waals surface area (Å²) in [5, 5.41) is 7.55. The maximum Gasteiger partial charge on any atom is 0.263 e. The van der Waals surface area contributed by atoms with Gasteiger partial charge >= 0.3 is 0 Å². The van der Waals surface area contributed by atoms with Crippen molar-refractivity contribution in [2.45, 2.75) is 51.6 Å². The molecule has 1 aromatic rings. The zero-order valence-corrected chi connectivity index (χ0v) is 14.3. The SMILES string of the molecule is CCCc1ncc(C(=O)NC2CCCNC2C)s1.Cl.Cl. The average molecular weight is 340 g/mol. The van der Waals surface area contributed by atoms with Crippen LogP contribution >= 0.6 is 36.2 Å². The summed E-state index contributed by atoms with van der Waals surface area (Å²) in [6.07, 6.45) is 5.91. The lowest BCUT2D eigenvalue weighted by molar-refractivity contribution is 0.0924. The number of carbonyl (C=O) groups is 1. The van der Waals surface area contributed by atoms with Crippen LogP contribution in [0.5, 0.6) is 0 Å². The van der Waals surface area contributed by atoms with Gasteiger partial charge in [-0.2, -0.15) is 0 Å². The van der Waals surface area contributed by atoms with Crippen LogP contribution < -0.4 is 10.6 Å². The highest BCUT2D eigenvalue weighted by atomic mass is 35.5. The molecule has 2 unspecified atom stereocenters. The van der Waals surface area contributed by atoms with Crippen molar-refractivity contribution in [1.82, 2.24) is 15.6 Å². The highest BCUT2D eigenvalue weighted by Crippen LogP contribution is 2.16. The lowest BCUT2D eigenvalue weighted by Gasteiger charge is -2.30. The van der Waals surface area contributed by atoms with Crippen molar-refractivity contribution in [3.05, 3.63) is 16.1 Å². The topological polar surface area (TPSA) is 54.0 Å². The summed E-state index contributed by atoms with van der Waals surface area (Å²) in [5.74, 6) is 0.0235. The predicted molar refractivity (Wildman–Crippen MR) is 88.6 cm³/mol. The van der Waals surface area contributed by atoms with Gasteiger partial charge in [0, 0.05) is 12.1 Å². The number of halogens is 2. The molecule has 0 aromatic carbocycles. The van der Waals surface area contributed by atoms with Crippen molar-refractivity contribution in [2.24, 2.45) is 0 Å². The van der Waals surface area contributed by atoms with Crippen LogP contribution in [0, 0.1) is 0 Å². The minimum atomic E-state index is 0. The third kappa shape index (κ3) is 5.20. The minimum absolute atomic E-state index is 0. The van der Waals surface area contributed by atoms with Gasteiger partial charge in [0.1, 0.15) is 4.88 Å². The fourth-order valence-electron chi connectivity index (χ4n) is 2.23. The number of amides is 1. The number of piperidine rings is 1. The molecule has 2 atom stereocenters. The molecule has 20 heavy (non-hydrogen) atoms. The summed E-state index contributed by atoms with van der Waals surface area (Å²) >= 11 is 1.51. The molecule has 0 saturated carbocycles. The Hall–Kier alpha value is -0.360. The van der Waals surface area contributed by atoms with E-state index in [2.05, 4.69) is 29.5 Å². The summed E-state index contributed by atoms with van der Waals surface area (Å²) in [7, 11) is 0. The maximum atomic E-state index is 12.1. The molecule has 1 aliphatic rings. The van der Waals surface area contributed by atoms with E-state index in [1.165, 1.54) is 11.3 Å². The van der Waals surface area contributed by atoms with Gasteiger partial charge in [-0.15, -0.1) is 36.2 Å². The first-order chi connectivity index (χ1) is 8.70. The molecule has 1 aliphatic heterocycles. The number of hydrogen-bond acceptors (Lipinski definition) is 4. The van der Waals surface area contributed by atoms with Gasteiger partial charge in [0.15, 0.2) is 0 Å². The van der Waals surface area contributed by atoms with Crippen LogP contribution in [0.15, 0.2) is 6.20 Å². The molecule has 1 aromatic heterocycles. The van der Waals surface area contributed by atoms with E-state index in [0.717, 1.165) is 42.1 Å². The van der Waals surface area contributed by atoms with Gasteiger partial charge in [0.2, 0.25) is 0 Å². The van der Waals surface area contributed by atoms with Crippen LogP contribution in [0.2, 0.25) is 0 Å². The second kappa shape index (κ2) is 9.55. The van der Waals surface area contributed by atoms with E-state index >= 15 is 0 Å². The van der Waals surface area contributed by atoms with Gasteiger partial charge in [-0.05, 0) is 39.2 Å². The Morgan fingerprint density at radius 3 is 2.95 bits per heavy atom. The van der Waals surface area contributed by atoms with Gasteiger partial charge in [-0.1, -0.05) is 6.92 Å². The van der Waals surface area contributed by atoms with Crippen molar-refractivity contribution in [3.8, 4) is 0 Å². The fraction of sp³-hybridized carbons (Fsp3) is 0.692. The number of thiazole rings is 1. The number of carbonyl (C=O) groups excluding carboxylic acids is 1. The number of aryl methyl sites for hydroxylation is 1. The van der Waals surface area contributed by atoms with Crippen LogP contribution in [-0.2, 0) is 6.42 Å². The number of nitrogens with zero attached hydrogens (tertiary/aromatic N) is 1. The Bertz CT molecular complexity index is 414. The van der Waals surface area contributed by atoms with E-state index in [9.17, 15) is 4.79 Å². The molecule has 0 spiro atoms. The number of rotatable bonds is 4. The van der Waals surface area contributed by atoms with Crippen molar-refractivity contribution < 1.29 is 4.79 Å². The molecular formula is C13H23Cl2N3OS. The first-order valence-electron chi connectivity index (χ1n) is 6.69. The van der Waals surface area contributed by atoms with Crippen LogP contribution in [-0.4, -0.2) is 29.5 Å². The van der Waals surface area contributed by atoms with Crippen molar-refractivity contribution >= 4 is 42.1 Å². The number of nitrogens with one attached hydrogen (secondary N) is 2. The van der Waals surface area contributed by atoms with Gasteiger partial charge < -0.3 is 10.6 Å². The molecule has 2 rings (SSSR count). The van der Waals surface area contributed by atoms with Crippen molar-refractivity contribution in [3.63, 3.8) is 0 Å². The average Bonchev–Trinajstić information content (AvgIpc) is 2.81. The largest absolute Gasteiger partial charge is 0.347 e. The Balaban J connectivity index is 0.00000180. The number of hydrogen-bond donors (Lipinski definition) is 2. The van der Waals surface area contributed by atoms with Crippen molar-refractivity contribution in [1.29, 1.82) is 0 Å². The molecule has 1 amide bonds. The second-order valence-electron chi connectivity index (χ2n) is 4.83. The summed E-state index contributed by atoms with van der Waals surface area (Å²) in [5.41, 5.74) is 0. The molecule has 2 N–H and O–H groups in total. The van der Waals surface area contributed by atoms with E-state index in [4.69, 9.17) is 0 Å². The van der Waals surface area contributed by atoms with Gasteiger partial charge in [0.05, 0.1) is 11.2 Å². The molecular weight excluding hydrogens is 317 g/mol. The Morgan fingerprint density at radius 1 is 1.55 bits per heavy atom. The summed E-state index contributed by atoms with van der Waals surface area (Å²) in [6.45, 7) is 5.30. The Labute approximate surface area is 137 Å². The van der Waals surface area contributed by atoms with Crippen LogP contribution in [0.3, 0.4) is 0 Å². The minimum Gasteiger partial charge on any atom is -0.347 e. The van der Waals surface area contributed by atoms with Crippen LogP contribution in [0.4, 0.5) is 0 Å². The molecule has 2 heterocycles. The molecule has 0 bridgehead atoms. The second-order valence-corrected chi connectivity index (χ2v) is 5.95. The standard InChI is InChI=1S/C13H21N3OS.2ClH/c1-3-5-12-15-8-11(18-12)13(17)16-10-6-4-7-14-9(10)2;;/h8-10,14H,3-7H2,1-2H3,(H,16,17);2*1H. The van der Waals surface area contributed by atoms with E-state index in [1.807, 2.05) is 0 Å². The smallest absolute Gasteiger partial charge is 0.263 e. The van der Waals surface area contributed by atoms with Crippen LogP contribution in [0.1, 0.15) is 47.8 Å². The lowest BCUT2D eigenvalue weighted by Crippen LogP contribution is -2.51. The summed E-state index contributed by atoms with van der Waals surface area (Å²) in [6, 6.07) is 0.591. The summed E-state index contributed by atoms with van der Waals surface area (Å²) in [4.78, 5) is 17.1. The fourth-order valence-corrected chi connectivity index (χ4v) is 3.15. The van der Waals surface area contributed by atoms with Crippen molar-refractivity contribution in [2.75, 3.05) is 6.54 Å². The third-order valence-corrected chi connectivity index (χ3v) is 4.38. The van der Waals surface area contributed by atoms with Gasteiger partial charge in [-0.3, -0.25) is 4.79 Å². The maximum absolute atomic E-state index is 12.1. The predicted octanol–water partition coefficient (Wildman–Crippen LogP) is 2.81. The van der Waals surface area contributed by atoms with Crippen LogP contribution in [0.25, 0.3) is 0 Å². The first-order valence-corrected chi connectivity index (χ1v) is 7.51. The molecule has 4 nitrogen and oxygen atoms in total. The van der Waals surface area contributed by atoms with E-state index in [-0.39, 0.29) is 36.8 Å². The monoisotopic (exact) mass is 339 g/mol. The molecule has 7 heteroatoms. The first kappa shape index (κ1) is 19.6. The Morgan fingerprint density at radius 2 is 2.30 bits per heavy atom. The van der Waals surface area contributed by atoms with Gasteiger partial charge in [0.25, 0.3) is 5.91 Å². The zero-order chi connectivity index (χ0) is 13.0. The van der Waals surface area contributed by atoms with Gasteiger partial charge in [-0.25, -0.2) is 4.98 Å². The zero-order valence-electron chi connectivity index (χ0n) is 11.8. The van der Waals surface area contributed by atoms with E-state index in [0.29, 0.717) is 6.04 Å². The van der Waals surface area contributed by atoms with E-state index in [1.54, 1.807) is 6.20 Å². The third-order valence-electron chi connectivity index (χ3n) is 3.32. The Kier molecular flexibility index (Phi) is 9.38. The molecule has 0 aliphatic carbocycles. The highest BCUT2D eigenvalue weighted by molar-refractivity contribution is 7.13. The van der Waals surface area contributed by atoms with E-state index < -0.39 is 0 Å². The lowest BCUT2D eigenvalue weighted by atomic mass is 10.00. The molecule has 1 fully saturated rings. The normalized spacial score (nSPS) is 21.5. The number of aromatic nitrogens is 1. The molecule has 116 valence electrons. The molecule has 1 saturated heterocycles. The highest BCUT2D eigenvalue weighted by Gasteiger charge is 2.23. The summed E-state index contributed by atoms with van der Waals surface area (Å²) < 4.78 is 0. The molecule has 0 radical (unpaired) electrons.